The van der Waals surface area contributed by atoms with E-state index in [9.17, 15) is 18.0 Å². The van der Waals surface area contributed by atoms with Gasteiger partial charge in [-0.05, 0) is 67.3 Å². The number of carbonyl (C=O) groups is 2. The lowest BCUT2D eigenvalue weighted by atomic mass is 9.94. The number of carbonyl (C=O) groups excluding carboxylic acids is 2. The van der Waals surface area contributed by atoms with Gasteiger partial charge in [0.2, 0.25) is 11.8 Å². The van der Waals surface area contributed by atoms with Gasteiger partial charge in [-0.2, -0.15) is 0 Å². The standard InChI is InChI=1S/C38H43N3O5S/c1-2-46-34-23-25-35(26-24-34)47(44,45)41(33-21-13-6-14-22-33)29-37(42)40(28-31-17-9-4-10-18-31)36(27-30-15-7-3-8-16-30)38(43)39-32-19-11-5-12-20-32/h3-4,6-10,13-18,21-26,32,36H,2,5,11-12,19-20,27-29H2,1H3,(H,39,43). The van der Waals surface area contributed by atoms with Gasteiger partial charge in [0.25, 0.3) is 10.0 Å². The Morgan fingerprint density at radius 1 is 0.787 bits per heavy atom. The number of amides is 2. The number of hydrogen-bond acceptors (Lipinski definition) is 5. The average molecular weight is 654 g/mol. The highest BCUT2D eigenvalue weighted by molar-refractivity contribution is 7.92. The molecule has 47 heavy (non-hydrogen) atoms. The number of rotatable bonds is 14. The first kappa shape index (κ1) is 33.7. The normalized spacial score (nSPS) is 14.1. The van der Waals surface area contributed by atoms with E-state index in [0.29, 0.717) is 18.0 Å². The smallest absolute Gasteiger partial charge is 0.264 e. The maximum absolute atomic E-state index is 14.6. The summed E-state index contributed by atoms with van der Waals surface area (Å²) in [5.41, 5.74) is 2.09. The van der Waals surface area contributed by atoms with Crippen LogP contribution in [-0.2, 0) is 32.6 Å². The van der Waals surface area contributed by atoms with Crippen LogP contribution in [0.4, 0.5) is 5.69 Å². The number of nitrogens with one attached hydrogen (secondary N) is 1. The highest BCUT2D eigenvalue weighted by Crippen LogP contribution is 2.27. The summed E-state index contributed by atoms with van der Waals surface area (Å²) in [6, 6.07) is 33.1. The Morgan fingerprint density at radius 2 is 1.36 bits per heavy atom. The van der Waals surface area contributed by atoms with E-state index < -0.39 is 28.5 Å². The number of ether oxygens (including phenoxy) is 1. The third-order valence-corrected chi connectivity index (χ3v) is 10.3. The molecule has 9 heteroatoms. The van der Waals surface area contributed by atoms with Crippen LogP contribution in [0.15, 0.2) is 120 Å². The van der Waals surface area contributed by atoms with Crippen molar-refractivity contribution in [2.45, 2.75) is 69.0 Å². The molecular weight excluding hydrogens is 611 g/mol. The van der Waals surface area contributed by atoms with Crippen molar-refractivity contribution >= 4 is 27.5 Å². The largest absolute Gasteiger partial charge is 0.494 e. The molecule has 0 radical (unpaired) electrons. The summed E-state index contributed by atoms with van der Waals surface area (Å²) in [6.07, 6.45) is 5.34. The Hall–Kier alpha value is -4.63. The lowest BCUT2D eigenvalue weighted by Crippen LogP contribution is -2.55. The maximum atomic E-state index is 14.6. The second kappa shape index (κ2) is 16.3. The number of benzene rings is 4. The van der Waals surface area contributed by atoms with E-state index in [-0.39, 0.29) is 29.8 Å². The molecule has 1 unspecified atom stereocenters. The van der Waals surface area contributed by atoms with Crippen molar-refractivity contribution in [3.63, 3.8) is 0 Å². The van der Waals surface area contributed by atoms with E-state index >= 15 is 0 Å². The van der Waals surface area contributed by atoms with Crippen molar-refractivity contribution in [3.8, 4) is 5.75 Å². The molecule has 1 N–H and O–H groups in total. The average Bonchev–Trinajstić information content (AvgIpc) is 3.10. The van der Waals surface area contributed by atoms with Crippen LogP contribution in [0.5, 0.6) is 5.75 Å². The summed E-state index contributed by atoms with van der Waals surface area (Å²) in [5, 5.41) is 3.24. The fourth-order valence-electron chi connectivity index (χ4n) is 6.00. The summed E-state index contributed by atoms with van der Waals surface area (Å²) >= 11 is 0. The Morgan fingerprint density at radius 3 is 1.96 bits per heavy atom. The van der Waals surface area contributed by atoms with Crippen LogP contribution in [0.2, 0.25) is 0 Å². The molecule has 1 saturated carbocycles. The number of anilines is 1. The van der Waals surface area contributed by atoms with Crippen molar-refractivity contribution in [1.82, 2.24) is 10.2 Å². The Bertz CT molecular complexity index is 1680. The second-order valence-corrected chi connectivity index (χ2v) is 13.7. The molecule has 0 spiro atoms. The highest BCUT2D eigenvalue weighted by Gasteiger charge is 2.35. The minimum Gasteiger partial charge on any atom is -0.494 e. The van der Waals surface area contributed by atoms with E-state index in [0.717, 1.165) is 47.5 Å². The van der Waals surface area contributed by atoms with Crippen molar-refractivity contribution in [1.29, 1.82) is 0 Å². The predicted molar refractivity (Wildman–Crippen MR) is 185 cm³/mol. The summed E-state index contributed by atoms with van der Waals surface area (Å²) in [4.78, 5) is 30.3. The van der Waals surface area contributed by atoms with Gasteiger partial charge in [0.15, 0.2) is 0 Å². The second-order valence-electron chi connectivity index (χ2n) is 11.8. The van der Waals surface area contributed by atoms with Crippen LogP contribution >= 0.6 is 0 Å². The van der Waals surface area contributed by atoms with Gasteiger partial charge >= 0.3 is 0 Å². The van der Waals surface area contributed by atoms with Gasteiger partial charge in [0.05, 0.1) is 17.2 Å². The van der Waals surface area contributed by atoms with Crippen molar-refractivity contribution in [2.75, 3.05) is 17.5 Å². The molecule has 0 bridgehead atoms. The van der Waals surface area contributed by atoms with E-state index in [1.165, 1.54) is 12.1 Å². The number of nitrogens with zero attached hydrogens (tertiary/aromatic N) is 2. The van der Waals surface area contributed by atoms with Crippen molar-refractivity contribution in [3.05, 3.63) is 126 Å². The first-order chi connectivity index (χ1) is 22.8. The van der Waals surface area contributed by atoms with Gasteiger partial charge in [0.1, 0.15) is 18.3 Å². The highest BCUT2D eigenvalue weighted by atomic mass is 32.2. The molecule has 1 atom stereocenters. The zero-order valence-corrected chi connectivity index (χ0v) is 27.6. The predicted octanol–water partition coefficient (Wildman–Crippen LogP) is 6.37. The molecule has 4 aromatic rings. The zero-order valence-electron chi connectivity index (χ0n) is 26.8. The van der Waals surface area contributed by atoms with E-state index in [2.05, 4.69) is 5.32 Å². The van der Waals surface area contributed by atoms with Gasteiger partial charge in [-0.3, -0.25) is 13.9 Å². The van der Waals surface area contributed by atoms with E-state index in [4.69, 9.17) is 4.74 Å². The summed E-state index contributed by atoms with van der Waals surface area (Å²) in [6.45, 7) is 1.96. The SMILES string of the molecule is CCOc1ccc(S(=O)(=O)N(CC(=O)N(Cc2ccccc2)C(Cc2ccccc2)C(=O)NC2CCCCC2)c2ccccc2)cc1. The van der Waals surface area contributed by atoms with Gasteiger partial charge in [-0.25, -0.2) is 8.42 Å². The van der Waals surface area contributed by atoms with Crippen LogP contribution in [0.25, 0.3) is 0 Å². The molecule has 4 aromatic carbocycles. The van der Waals surface area contributed by atoms with Crippen LogP contribution in [-0.4, -0.2) is 50.4 Å². The fourth-order valence-corrected chi connectivity index (χ4v) is 7.42. The maximum Gasteiger partial charge on any atom is 0.264 e. The lowest BCUT2D eigenvalue weighted by molar-refractivity contribution is -0.140. The monoisotopic (exact) mass is 653 g/mol. The van der Waals surface area contributed by atoms with Crippen molar-refractivity contribution in [2.24, 2.45) is 0 Å². The Balaban J connectivity index is 1.52. The van der Waals surface area contributed by atoms with Crippen LogP contribution < -0.4 is 14.4 Å². The summed E-state index contributed by atoms with van der Waals surface area (Å²) in [5.74, 6) is -0.159. The van der Waals surface area contributed by atoms with Gasteiger partial charge in [-0.15, -0.1) is 0 Å². The number of hydrogen-bond donors (Lipinski definition) is 1. The lowest BCUT2D eigenvalue weighted by Gasteiger charge is -2.35. The minimum atomic E-state index is -4.19. The molecule has 1 aliphatic carbocycles. The molecule has 2 amide bonds. The molecule has 5 rings (SSSR count). The zero-order chi connectivity index (χ0) is 33.1. The number of sulfonamides is 1. The molecule has 0 heterocycles. The van der Waals surface area contributed by atoms with Gasteiger partial charge in [0, 0.05) is 19.0 Å². The molecule has 1 aliphatic rings. The first-order valence-corrected chi connectivity index (χ1v) is 17.8. The third-order valence-electron chi connectivity index (χ3n) is 8.46. The molecule has 0 aromatic heterocycles. The quantitative estimate of drug-likeness (QED) is 0.171. The molecule has 1 fully saturated rings. The fraction of sp³-hybridized carbons (Fsp3) is 0.316. The summed E-state index contributed by atoms with van der Waals surface area (Å²) < 4.78 is 35.1. The van der Waals surface area contributed by atoms with E-state index in [1.807, 2.05) is 67.6 Å². The van der Waals surface area contributed by atoms with Gasteiger partial charge in [-0.1, -0.05) is 98.1 Å². The Kier molecular flexibility index (Phi) is 11.7. The first-order valence-electron chi connectivity index (χ1n) is 16.3. The number of para-hydroxylation sites is 1. The van der Waals surface area contributed by atoms with Crippen LogP contribution in [0.1, 0.15) is 50.2 Å². The van der Waals surface area contributed by atoms with Crippen LogP contribution in [0, 0.1) is 0 Å². The van der Waals surface area contributed by atoms with Crippen LogP contribution in [0.3, 0.4) is 0 Å². The molecule has 8 nitrogen and oxygen atoms in total. The molecule has 0 saturated heterocycles. The van der Waals surface area contributed by atoms with E-state index in [1.54, 1.807) is 47.4 Å². The molecule has 246 valence electrons. The topological polar surface area (TPSA) is 96.0 Å². The minimum absolute atomic E-state index is 0.0306. The van der Waals surface area contributed by atoms with Gasteiger partial charge < -0.3 is 15.0 Å². The molecule has 0 aliphatic heterocycles. The molecular formula is C38H43N3O5S. The summed E-state index contributed by atoms with van der Waals surface area (Å²) in [7, 11) is -4.19. The third kappa shape index (κ3) is 9.01. The Labute approximate surface area is 278 Å². The van der Waals surface area contributed by atoms with Crippen molar-refractivity contribution < 1.29 is 22.7 Å².